The van der Waals surface area contributed by atoms with E-state index in [4.69, 9.17) is 35.3 Å². The minimum Gasteiger partial charge on any atom is -0.494 e. The lowest BCUT2D eigenvalue weighted by Crippen LogP contribution is -2.54. The van der Waals surface area contributed by atoms with Crippen molar-refractivity contribution in [2.75, 3.05) is 96.0 Å². The van der Waals surface area contributed by atoms with Crippen molar-refractivity contribution in [3.05, 3.63) is 89.0 Å². The molecule has 22 heteroatoms. The van der Waals surface area contributed by atoms with Crippen molar-refractivity contribution in [1.29, 1.82) is 0 Å². The predicted octanol–water partition coefficient (Wildman–Crippen LogP) is 4.51. The number of rotatable bonds is 24. The molecule has 0 saturated carbocycles. The van der Waals surface area contributed by atoms with Gasteiger partial charge >= 0.3 is 0 Å². The number of ether oxygens (including phenoxy) is 5. The summed E-state index contributed by atoms with van der Waals surface area (Å²) in [6, 6.07) is 11.6. The number of nitrogens with one attached hydrogen (secondary N) is 4. The van der Waals surface area contributed by atoms with E-state index < -0.39 is 35.5 Å². The molecule has 4 aromatic rings. The molecule has 1 unspecified atom stereocenters. The Balaban J connectivity index is 0.694. The van der Waals surface area contributed by atoms with E-state index in [1.807, 2.05) is 0 Å². The Hall–Kier alpha value is -6.07. The Morgan fingerprint density at radius 3 is 2.38 bits per heavy atom. The molecule has 0 aliphatic carbocycles. The molecule has 1 atom stereocenters. The molecule has 7 rings (SSSR count). The van der Waals surface area contributed by atoms with Crippen LogP contribution in [0.4, 0.5) is 21.6 Å². The first kappa shape index (κ1) is 50.8. The van der Waals surface area contributed by atoms with Crippen LogP contribution in [0.5, 0.6) is 5.75 Å². The number of halogens is 2. The largest absolute Gasteiger partial charge is 0.494 e. The van der Waals surface area contributed by atoms with E-state index in [9.17, 15) is 33.2 Å². The molecule has 2 fully saturated rings. The van der Waals surface area contributed by atoms with E-state index in [0.29, 0.717) is 90.7 Å². The van der Waals surface area contributed by atoms with Gasteiger partial charge in [0.25, 0.3) is 11.8 Å². The van der Waals surface area contributed by atoms with E-state index in [2.05, 4.69) is 36.1 Å². The van der Waals surface area contributed by atoms with E-state index in [1.165, 1.54) is 49.5 Å². The van der Waals surface area contributed by atoms with Gasteiger partial charge in [0.15, 0.2) is 0 Å². The number of likely N-dealkylation sites (tertiary alicyclic amines) is 1. The summed E-state index contributed by atoms with van der Waals surface area (Å²) >= 11 is 7.32. The molecule has 4 N–H and O–H groups in total. The standard InChI is InChI=1S/C47H52ClFN8O11S/c1-64-38-26-35-32(44(51-28-50-35)53-30-7-8-34(49)33(48)24-30)25-36(38)54-40(58)6-3-13-56-14-11-29(12-15-56)52-42(60)27-68-21-20-66-17-16-65-18-19-67-22-23-69-39-5-2-4-31-43(39)47(63)57(46(31)62)37-9-10-41(59)55-45(37)61/h2-8,24-26,28-29,37H,9-23,27H2,1H3,(H,52,60)(H,54,58)(H,50,51,53)(H,55,59,61)/b6-3+. The number of hydrogen-bond acceptors (Lipinski definition) is 16. The maximum atomic E-state index is 13.7. The summed E-state index contributed by atoms with van der Waals surface area (Å²) in [6.07, 6.45) is 6.30. The van der Waals surface area contributed by atoms with Crippen molar-refractivity contribution < 1.29 is 56.8 Å². The number of hydrogen-bond donors (Lipinski definition) is 4. The summed E-state index contributed by atoms with van der Waals surface area (Å²) < 4.78 is 41.4. The zero-order valence-corrected chi connectivity index (χ0v) is 39.3. The maximum Gasteiger partial charge on any atom is 0.263 e. The first-order valence-electron chi connectivity index (χ1n) is 22.3. The third-order valence-electron chi connectivity index (χ3n) is 11.2. The smallest absolute Gasteiger partial charge is 0.263 e. The second-order valence-corrected chi connectivity index (χ2v) is 17.5. The number of thioether (sulfide) groups is 1. The van der Waals surface area contributed by atoms with Gasteiger partial charge in [-0.2, -0.15) is 0 Å². The maximum absolute atomic E-state index is 13.7. The molecule has 69 heavy (non-hydrogen) atoms. The Kier molecular flexibility index (Phi) is 18.4. The highest BCUT2D eigenvalue weighted by atomic mass is 35.5. The van der Waals surface area contributed by atoms with Crippen molar-refractivity contribution in [2.45, 2.75) is 42.7 Å². The first-order valence-corrected chi connectivity index (χ1v) is 23.7. The third kappa shape index (κ3) is 13.8. The van der Waals surface area contributed by atoms with Gasteiger partial charge in [-0.3, -0.25) is 43.9 Å². The monoisotopic (exact) mass is 990 g/mol. The molecular formula is C47H52ClFN8O11S. The first-order chi connectivity index (χ1) is 33.5. The average molecular weight is 991 g/mol. The number of fused-ring (bicyclic) bond motifs is 2. The molecule has 3 aliphatic rings. The lowest BCUT2D eigenvalue weighted by atomic mass is 10.0. The Bertz CT molecular complexity index is 2560. The van der Waals surface area contributed by atoms with Crippen molar-refractivity contribution in [3.63, 3.8) is 0 Å². The van der Waals surface area contributed by atoms with Gasteiger partial charge in [0.2, 0.25) is 23.6 Å². The molecule has 3 aromatic carbocycles. The second-order valence-electron chi connectivity index (χ2n) is 15.9. The van der Waals surface area contributed by atoms with Crippen molar-refractivity contribution in [3.8, 4) is 5.75 Å². The van der Waals surface area contributed by atoms with Crippen LogP contribution in [0.2, 0.25) is 5.02 Å². The lowest BCUT2D eigenvalue weighted by Gasteiger charge is -2.31. The van der Waals surface area contributed by atoms with Crippen LogP contribution in [0.15, 0.2) is 71.9 Å². The third-order valence-corrected chi connectivity index (χ3v) is 12.6. The molecule has 19 nitrogen and oxygen atoms in total. The van der Waals surface area contributed by atoms with Crippen molar-refractivity contribution >= 4 is 86.9 Å². The number of imide groups is 2. The highest BCUT2D eigenvalue weighted by Crippen LogP contribution is 2.35. The number of nitrogens with zero attached hydrogens (tertiary/aromatic N) is 4. The van der Waals surface area contributed by atoms with E-state index >= 15 is 0 Å². The predicted molar refractivity (Wildman–Crippen MR) is 253 cm³/mol. The fraction of sp³-hybridized carbons (Fsp3) is 0.404. The number of anilines is 3. The van der Waals surface area contributed by atoms with Crippen molar-refractivity contribution in [2.24, 2.45) is 0 Å². The summed E-state index contributed by atoms with van der Waals surface area (Å²) in [5.41, 5.74) is 2.01. The van der Waals surface area contributed by atoms with Gasteiger partial charge in [-0.15, -0.1) is 11.8 Å². The van der Waals surface area contributed by atoms with Crippen LogP contribution in [-0.4, -0.2) is 153 Å². The van der Waals surface area contributed by atoms with Gasteiger partial charge < -0.3 is 39.6 Å². The number of methoxy groups -OCH3 is 1. The molecule has 366 valence electrons. The second kappa shape index (κ2) is 25.0. The van der Waals surface area contributed by atoms with Crippen LogP contribution >= 0.6 is 23.4 Å². The van der Waals surface area contributed by atoms with Crippen LogP contribution in [0.3, 0.4) is 0 Å². The number of carbonyl (C=O) groups excluding carboxylic acids is 6. The molecule has 0 spiro atoms. The average Bonchev–Trinajstić information content (AvgIpc) is 3.59. The van der Waals surface area contributed by atoms with Gasteiger partial charge in [0, 0.05) is 66.0 Å². The quantitative estimate of drug-likeness (QED) is 0.0328. The number of aromatic nitrogens is 2. The SMILES string of the molecule is COc1cc2ncnc(Nc3ccc(F)c(Cl)c3)c2cc1NC(=O)/C=C/CN1CCC(NC(=O)COCCOCCOCCOCCSc2cccc3c2C(=O)N(C2CCC(=O)NC2=O)C3=O)CC1. The number of piperidine rings is 2. The summed E-state index contributed by atoms with van der Waals surface area (Å²) in [4.78, 5) is 88.1. The number of carbonyl (C=O) groups is 6. The molecule has 4 heterocycles. The Morgan fingerprint density at radius 1 is 0.913 bits per heavy atom. The zero-order chi connectivity index (χ0) is 48.7. The molecule has 3 aliphatic heterocycles. The summed E-state index contributed by atoms with van der Waals surface area (Å²) in [7, 11) is 1.50. The molecule has 0 bridgehead atoms. The molecule has 6 amide bonds. The van der Waals surface area contributed by atoms with Crippen LogP contribution in [0, 0.1) is 5.82 Å². The van der Waals surface area contributed by atoms with E-state index in [-0.39, 0.29) is 60.1 Å². The minimum atomic E-state index is -1.02. The van der Waals surface area contributed by atoms with Crippen molar-refractivity contribution in [1.82, 2.24) is 30.4 Å². The number of amides is 6. The van der Waals surface area contributed by atoms with E-state index in [0.717, 1.165) is 30.8 Å². The normalized spacial score (nSPS) is 16.6. The lowest BCUT2D eigenvalue weighted by molar-refractivity contribution is -0.136. The van der Waals surface area contributed by atoms with Crippen LogP contribution in [0.1, 0.15) is 46.4 Å². The zero-order valence-electron chi connectivity index (χ0n) is 37.8. The van der Waals surface area contributed by atoms with Gasteiger partial charge in [-0.25, -0.2) is 14.4 Å². The van der Waals surface area contributed by atoms with Crippen LogP contribution in [-0.2, 0) is 38.1 Å². The van der Waals surface area contributed by atoms with Gasteiger partial charge in [-0.05, 0) is 55.7 Å². The highest BCUT2D eigenvalue weighted by Gasteiger charge is 2.45. The van der Waals surface area contributed by atoms with Gasteiger partial charge in [-0.1, -0.05) is 23.7 Å². The van der Waals surface area contributed by atoms with Gasteiger partial charge in [0.05, 0.1) is 80.7 Å². The van der Waals surface area contributed by atoms with E-state index in [1.54, 1.807) is 36.4 Å². The fourth-order valence-electron chi connectivity index (χ4n) is 7.81. The molecule has 1 aromatic heterocycles. The molecular weight excluding hydrogens is 939 g/mol. The Morgan fingerprint density at radius 2 is 1.65 bits per heavy atom. The summed E-state index contributed by atoms with van der Waals surface area (Å²) in [6.45, 7) is 4.28. The number of benzene rings is 3. The fourth-order valence-corrected chi connectivity index (χ4v) is 8.93. The summed E-state index contributed by atoms with van der Waals surface area (Å²) in [5.74, 6) is -1.88. The molecule has 2 saturated heterocycles. The summed E-state index contributed by atoms with van der Waals surface area (Å²) in [5, 5.41) is 11.8. The highest BCUT2D eigenvalue weighted by molar-refractivity contribution is 7.99. The Labute approximate surface area is 406 Å². The van der Waals surface area contributed by atoms with Crippen LogP contribution in [0.25, 0.3) is 10.9 Å². The van der Waals surface area contributed by atoms with Crippen LogP contribution < -0.4 is 26.0 Å². The topological polar surface area (TPSA) is 229 Å². The minimum absolute atomic E-state index is 0.0200. The van der Waals surface area contributed by atoms with Gasteiger partial charge in [0.1, 0.15) is 36.4 Å². The molecule has 0 radical (unpaired) electrons.